The van der Waals surface area contributed by atoms with Crippen LogP contribution < -0.4 is 10.5 Å². The third-order valence-corrected chi connectivity index (χ3v) is 4.51. The summed E-state index contributed by atoms with van der Waals surface area (Å²) in [7, 11) is 0. The number of nitrogens with two attached hydrogens (primary N) is 1. The van der Waals surface area contributed by atoms with Gasteiger partial charge in [-0.25, -0.2) is 4.79 Å². The minimum absolute atomic E-state index is 0.204. The minimum Gasteiger partial charge on any atom is -0.494 e. The van der Waals surface area contributed by atoms with Crippen LogP contribution in [0.25, 0.3) is 0 Å². The number of aryl methyl sites for hydroxylation is 1. The van der Waals surface area contributed by atoms with Crippen molar-refractivity contribution in [1.82, 2.24) is 4.90 Å². The third kappa shape index (κ3) is 8.21. The normalized spacial score (nSPS) is 17.0. The standard InChI is InChI=1S/C20H32N2O3.C2H6/c1-15-7-8-18(12-17(15)13-21)24-11-9-16-6-5-10-22(14-16)19(23)25-20(2,3)4;1-2/h7-8,12,16H,5-6,9-11,13-14,21H2,1-4H3;1-2H3. The smallest absolute Gasteiger partial charge is 0.410 e. The van der Waals surface area contributed by atoms with Crippen molar-refractivity contribution in [3.63, 3.8) is 0 Å². The van der Waals surface area contributed by atoms with Crippen molar-refractivity contribution in [3.05, 3.63) is 29.3 Å². The Kier molecular flexibility index (Phi) is 9.64. The van der Waals surface area contributed by atoms with Crippen molar-refractivity contribution in [1.29, 1.82) is 0 Å². The van der Waals surface area contributed by atoms with Crippen LogP contribution >= 0.6 is 0 Å². The van der Waals surface area contributed by atoms with Gasteiger partial charge < -0.3 is 20.1 Å². The predicted molar refractivity (Wildman–Crippen MR) is 111 cm³/mol. The second-order valence-electron chi connectivity index (χ2n) is 7.86. The molecule has 1 unspecified atom stereocenters. The number of piperidine rings is 1. The lowest BCUT2D eigenvalue weighted by atomic mass is 9.95. The zero-order chi connectivity index (χ0) is 20.4. The molecule has 2 rings (SSSR count). The Labute approximate surface area is 165 Å². The van der Waals surface area contributed by atoms with E-state index in [1.807, 2.05) is 57.7 Å². The van der Waals surface area contributed by atoms with Gasteiger partial charge in [0.1, 0.15) is 11.4 Å². The lowest BCUT2D eigenvalue weighted by Crippen LogP contribution is -2.43. The maximum atomic E-state index is 12.2. The van der Waals surface area contributed by atoms with Crippen LogP contribution in [-0.2, 0) is 11.3 Å². The molecule has 2 N–H and O–H groups in total. The molecule has 0 bridgehead atoms. The SMILES string of the molecule is CC.Cc1ccc(OCCC2CCCN(C(=O)OC(C)(C)C)C2)cc1CN. The first-order valence-electron chi connectivity index (χ1n) is 10.2. The third-order valence-electron chi connectivity index (χ3n) is 4.51. The van der Waals surface area contributed by atoms with Gasteiger partial charge in [0.25, 0.3) is 0 Å². The van der Waals surface area contributed by atoms with Crippen LogP contribution in [0.3, 0.4) is 0 Å². The van der Waals surface area contributed by atoms with Gasteiger partial charge in [0.2, 0.25) is 0 Å². The van der Waals surface area contributed by atoms with Crippen LogP contribution in [-0.4, -0.2) is 36.3 Å². The summed E-state index contributed by atoms with van der Waals surface area (Å²) in [4.78, 5) is 14.0. The molecule has 1 aromatic carbocycles. The number of hydrogen-bond donors (Lipinski definition) is 1. The van der Waals surface area contributed by atoms with Gasteiger partial charge in [-0.15, -0.1) is 0 Å². The Balaban J connectivity index is 0.00000176. The molecule has 0 aromatic heterocycles. The first-order valence-corrected chi connectivity index (χ1v) is 10.2. The molecule has 27 heavy (non-hydrogen) atoms. The summed E-state index contributed by atoms with van der Waals surface area (Å²) in [6.45, 7) is 14.5. The zero-order valence-corrected chi connectivity index (χ0v) is 18.0. The van der Waals surface area contributed by atoms with E-state index in [0.29, 0.717) is 19.1 Å². The largest absolute Gasteiger partial charge is 0.494 e. The van der Waals surface area contributed by atoms with E-state index < -0.39 is 5.60 Å². The summed E-state index contributed by atoms with van der Waals surface area (Å²) in [5, 5.41) is 0. The van der Waals surface area contributed by atoms with Gasteiger partial charge >= 0.3 is 6.09 Å². The van der Waals surface area contributed by atoms with Crippen LogP contribution in [0, 0.1) is 12.8 Å². The fraction of sp³-hybridized carbons (Fsp3) is 0.682. The van der Waals surface area contributed by atoms with Crippen molar-refractivity contribution in [3.8, 4) is 5.75 Å². The molecule has 1 aromatic rings. The van der Waals surface area contributed by atoms with E-state index in [9.17, 15) is 4.79 Å². The number of carbonyl (C=O) groups is 1. The second kappa shape index (κ2) is 11.2. The summed E-state index contributed by atoms with van der Waals surface area (Å²) < 4.78 is 11.4. The lowest BCUT2D eigenvalue weighted by Gasteiger charge is -2.34. The van der Waals surface area contributed by atoms with Crippen LogP contribution in [0.5, 0.6) is 5.75 Å². The molecule has 1 saturated heterocycles. The average molecular weight is 379 g/mol. The molecule has 1 atom stereocenters. The van der Waals surface area contributed by atoms with E-state index in [0.717, 1.165) is 43.7 Å². The zero-order valence-electron chi connectivity index (χ0n) is 18.0. The monoisotopic (exact) mass is 378 g/mol. The predicted octanol–water partition coefficient (Wildman–Crippen LogP) is 4.90. The molecular weight excluding hydrogens is 340 g/mol. The number of hydrogen-bond acceptors (Lipinski definition) is 4. The molecule has 0 radical (unpaired) electrons. The second-order valence-corrected chi connectivity index (χ2v) is 7.86. The highest BCUT2D eigenvalue weighted by atomic mass is 16.6. The Morgan fingerprint density at radius 2 is 2.00 bits per heavy atom. The topological polar surface area (TPSA) is 64.8 Å². The number of benzene rings is 1. The maximum Gasteiger partial charge on any atom is 0.410 e. The van der Waals surface area contributed by atoms with Gasteiger partial charge in [-0.05, 0) is 76.1 Å². The first kappa shape index (κ1) is 23.3. The van der Waals surface area contributed by atoms with Gasteiger partial charge in [-0.1, -0.05) is 19.9 Å². The van der Waals surface area contributed by atoms with Gasteiger partial charge in [0.15, 0.2) is 0 Å². The van der Waals surface area contributed by atoms with Gasteiger partial charge in [0.05, 0.1) is 6.61 Å². The van der Waals surface area contributed by atoms with E-state index in [4.69, 9.17) is 15.2 Å². The highest BCUT2D eigenvalue weighted by molar-refractivity contribution is 5.68. The quantitative estimate of drug-likeness (QED) is 0.792. The van der Waals surface area contributed by atoms with Crippen molar-refractivity contribution in [2.75, 3.05) is 19.7 Å². The number of nitrogens with zero attached hydrogens (tertiary/aromatic N) is 1. The van der Waals surface area contributed by atoms with E-state index in [-0.39, 0.29) is 6.09 Å². The van der Waals surface area contributed by atoms with Crippen molar-refractivity contribution in [2.24, 2.45) is 11.7 Å². The number of likely N-dealkylation sites (tertiary alicyclic amines) is 1. The van der Waals surface area contributed by atoms with E-state index in [1.165, 1.54) is 5.56 Å². The molecule has 1 aliphatic rings. The van der Waals surface area contributed by atoms with E-state index >= 15 is 0 Å². The minimum atomic E-state index is -0.445. The summed E-state index contributed by atoms with van der Waals surface area (Å²) in [6.07, 6.45) is 2.88. The summed E-state index contributed by atoms with van der Waals surface area (Å²) in [5.74, 6) is 1.33. The fourth-order valence-corrected chi connectivity index (χ4v) is 3.09. The number of ether oxygens (including phenoxy) is 2. The van der Waals surface area contributed by atoms with Gasteiger partial charge in [-0.2, -0.15) is 0 Å². The first-order chi connectivity index (χ1) is 12.8. The lowest BCUT2D eigenvalue weighted by molar-refractivity contribution is 0.0154. The van der Waals surface area contributed by atoms with E-state index in [2.05, 4.69) is 6.92 Å². The van der Waals surface area contributed by atoms with Gasteiger partial charge in [0, 0.05) is 19.6 Å². The molecule has 0 spiro atoms. The Bertz CT molecular complexity index is 581. The highest BCUT2D eigenvalue weighted by Gasteiger charge is 2.27. The van der Waals surface area contributed by atoms with Crippen LogP contribution in [0.1, 0.15) is 65.0 Å². The van der Waals surface area contributed by atoms with Crippen LogP contribution in [0.4, 0.5) is 4.79 Å². The molecular formula is C22H38N2O3. The molecule has 154 valence electrons. The summed E-state index contributed by atoms with van der Waals surface area (Å²) in [6, 6.07) is 6.05. The summed E-state index contributed by atoms with van der Waals surface area (Å²) in [5.41, 5.74) is 7.61. The molecule has 1 amide bonds. The molecule has 1 fully saturated rings. The number of carbonyl (C=O) groups excluding carboxylic acids is 1. The molecule has 0 saturated carbocycles. The Morgan fingerprint density at radius 3 is 2.63 bits per heavy atom. The van der Waals surface area contributed by atoms with E-state index in [1.54, 1.807) is 0 Å². The van der Waals surface area contributed by atoms with Crippen molar-refractivity contribution >= 4 is 6.09 Å². The van der Waals surface area contributed by atoms with Crippen LogP contribution in [0.15, 0.2) is 18.2 Å². The number of amides is 1. The van der Waals surface area contributed by atoms with Crippen LogP contribution in [0.2, 0.25) is 0 Å². The summed E-state index contributed by atoms with van der Waals surface area (Å²) >= 11 is 0. The molecule has 0 aliphatic carbocycles. The number of rotatable bonds is 5. The maximum absolute atomic E-state index is 12.2. The Morgan fingerprint density at radius 1 is 1.30 bits per heavy atom. The van der Waals surface area contributed by atoms with Crippen molar-refractivity contribution in [2.45, 2.75) is 73.0 Å². The Hall–Kier alpha value is -1.75. The van der Waals surface area contributed by atoms with Crippen molar-refractivity contribution < 1.29 is 14.3 Å². The molecule has 5 heteroatoms. The fourth-order valence-electron chi connectivity index (χ4n) is 3.09. The molecule has 1 heterocycles. The highest BCUT2D eigenvalue weighted by Crippen LogP contribution is 2.23. The average Bonchev–Trinajstić information content (AvgIpc) is 2.63. The van der Waals surface area contributed by atoms with Gasteiger partial charge in [-0.3, -0.25) is 0 Å². The molecule has 1 aliphatic heterocycles. The molecule has 5 nitrogen and oxygen atoms in total.